The van der Waals surface area contributed by atoms with Crippen LogP contribution in [0.4, 0.5) is 11.5 Å². The van der Waals surface area contributed by atoms with E-state index in [1.54, 1.807) is 24.4 Å². The zero-order valence-electron chi connectivity index (χ0n) is 22.3. The number of benzene rings is 1. The third kappa shape index (κ3) is 5.72. The zero-order chi connectivity index (χ0) is 26.9. The van der Waals surface area contributed by atoms with Gasteiger partial charge in [-0.2, -0.15) is 0 Å². The molecule has 2 saturated heterocycles. The number of primary amides is 1. The van der Waals surface area contributed by atoms with Crippen LogP contribution < -0.4 is 26.6 Å². The lowest BCUT2D eigenvalue weighted by Gasteiger charge is -2.40. The quantitative estimate of drug-likeness (QED) is 0.392. The highest BCUT2D eigenvalue weighted by molar-refractivity contribution is 6.02. The van der Waals surface area contributed by atoms with Gasteiger partial charge in [-0.1, -0.05) is 12.8 Å². The van der Waals surface area contributed by atoms with Gasteiger partial charge in [0.15, 0.2) is 0 Å². The maximum Gasteiger partial charge on any atom is 0.253 e. The number of rotatable bonds is 9. The molecule has 2 aliphatic heterocycles. The van der Waals surface area contributed by atoms with Gasteiger partial charge in [0.1, 0.15) is 5.82 Å². The molecule has 9 heteroatoms. The van der Waals surface area contributed by atoms with Crippen molar-refractivity contribution in [3.05, 3.63) is 53.2 Å². The van der Waals surface area contributed by atoms with Crippen LogP contribution in [0.2, 0.25) is 0 Å². The van der Waals surface area contributed by atoms with Crippen molar-refractivity contribution in [2.75, 3.05) is 16.8 Å². The summed E-state index contributed by atoms with van der Waals surface area (Å²) < 4.78 is 0. The van der Waals surface area contributed by atoms with E-state index in [9.17, 15) is 14.4 Å². The molecule has 1 aromatic heterocycles. The van der Waals surface area contributed by atoms with Crippen LogP contribution in [0, 0.1) is 5.92 Å². The molecule has 0 radical (unpaired) electrons. The molecule has 1 aromatic carbocycles. The Labute approximate surface area is 229 Å². The monoisotopic (exact) mass is 530 g/mol. The van der Waals surface area contributed by atoms with E-state index in [0.717, 1.165) is 50.9 Å². The minimum Gasteiger partial charge on any atom is -0.384 e. The lowest BCUT2D eigenvalue weighted by atomic mass is 9.96. The predicted octanol–water partition coefficient (Wildman–Crippen LogP) is 3.60. The van der Waals surface area contributed by atoms with Crippen molar-refractivity contribution in [3.63, 3.8) is 0 Å². The molecule has 3 amide bonds. The van der Waals surface area contributed by atoms with E-state index in [2.05, 4.69) is 25.8 Å². The number of amides is 3. The molecule has 4 aliphatic rings. The number of hydrogen-bond donors (Lipinski definition) is 4. The Hall–Kier alpha value is -3.62. The van der Waals surface area contributed by atoms with Gasteiger partial charge in [0, 0.05) is 48.2 Å². The molecule has 2 saturated carbocycles. The number of pyridine rings is 1. The number of piperidine rings is 1. The summed E-state index contributed by atoms with van der Waals surface area (Å²) in [5, 5.41) is 9.68. The van der Waals surface area contributed by atoms with Crippen molar-refractivity contribution >= 4 is 29.2 Å². The minimum absolute atomic E-state index is 0.0416. The summed E-state index contributed by atoms with van der Waals surface area (Å²) in [5.74, 6) is 0.858. The summed E-state index contributed by atoms with van der Waals surface area (Å²) in [6.07, 6.45) is 12.4. The number of nitrogens with one attached hydrogen (secondary N) is 3. The summed E-state index contributed by atoms with van der Waals surface area (Å²) >= 11 is 0. The van der Waals surface area contributed by atoms with Crippen molar-refractivity contribution in [1.29, 1.82) is 0 Å². The highest BCUT2D eigenvalue weighted by Gasteiger charge is 2.42. The fraction of sp³-hybridized carbons (Fsp3) is 0.533. The lowest BCUT2D eigenvalue weighted by molar-refractivity contribution is 0.0922. The molecule has 4 fully saturated rings. The van der Waals surface area contributed by atoms with E-state index in [1.807, 2.05) is 12.1 Å². The number of aromatic nitrogens is 1. The average Bonchev–Trinajstić information content (AvgIpc) is 3.55. The predicted molar refractivity (Wildman–Crippen MR) is 150 cm³/mol. The van der Waals surface area contributed by atoms with Crippen molar-refractivity contribution in [2.45, 2.75) is 88.4 Å². The van der Waals surface area contributed by atoms with Crippen LogP contribution in [0.3, 0.4) is 0 Å². The van der Waals surface area contributed by atoms with E-state index < -0.39 is 5.91 Å². The summed E-state index contributed by atoms with van der Waals surface area (Å²) in [7, 11) is 0. The van der Waals surface area contributed by atoms with E-state index >= 15 is 0 Å². The smallest absolute Gasteiger partial charge is 0.253 e. The summed E-state index contributed by atoms with van der Waals surface area (Å²) in [5.41, 5.74) is 7.73. The zero-order valence-corrected chi connectivity index (χ0v) is 22.3. The van der Waals surface area contributed by atoms with Crippen LogP contribution in [0.1, 0.15) is 95.3 Å². The first-order chi connectivity index (χ1) is 18.9. The third-order valence-electron chi connectivity index (χ3n) is 8.86. The summed E-state index contributed by atoms with van der Waals surface area (Å²) in [6.45, 7) is 0.785. The van der Waals surface area contributed by atoms with Crippen LogP contribution >= 0.6 is 0 Å². The second-order valence-corrected chi connectivity index (χ2v) is 11.7. The molecule has 2 aromatic rings. The molecule has 3 heterocycles. The van der Waals surface area contributed by atoms with Gasteiger partial charge in [0.25, 0.3) is 17.7 Å². The molecule has 0 spiro atoms. The normalized spacial score (nSPS) is 24.4. The molecular formula is C30H38N6O3. The van der Waals surface area contributed by atoms with Crippen LogP contribution in [0.5, 0.6) is 0 Å². The average molecular weight is 531 g/mol. The van der Waals surface area contributed by atoms with Crippen LogP contribution in [0.15, 0.2) is 36.5 Å². The minimum atomic E-state index is -0.500. The van der Waals surface area contributed by atoms with Crippen LogP contribution in [0.25, 0.3) is 0 Å². The Morgan fingerprint density at radius 2 is 1.51 bits per heavy atom. The van der Waals surface area contributed by atoms with E-state index in [0.29, 0.717) is 40.4 Å². The van der Waals surface area contributed by atoms with Crippen molar-refractivity contribution in [2.24, 2.45) is 11.7 Å². The van der Waals surface area contributed by atoms with Gasteiger partial charge >= 0.3 is 0 Å². The Balaban J connectivity index is 1.07. The summed E-state index contributed by atoms with van der Waals surface area (Å²) in [6, 6.07) is 9.86. The first-order valence-corrected chi connectivity index (χ1v) is 14.5. The van der Waals surface area contributed by atoms with Crippen molar-refractivity contribution in [1.82, 2.24) is 15.6 Å². The largest absolute Gasteiger partial charge is 0.384 e. The molecule has 5 N–H and O–H groups in total. The van der Waals surface area contributed by atoms with Crippen molar-refractivity contribution < 1.29 is 14.4 Å². The Bertz CT molecular complexity index is 1220. The van der Waals surface area contributed by atoms with Gasteiger partial charge in [-0.05, 0) is 87.6 Å². The Kier molecular flexibility index (Phi) is 7.14. The molecule has 2 aliphatic carbocycles. The SMILES string of the molecule is NC(=O)c1ccc(C(=O)N[C@H]2C[C@H]3CC[C@@H](C2)N3c2ccc(C(=O)NC3CCCC3)cn2)cc1NCC1CC1. The van der Waals surface area contributed by atoms with Gasteiger partial charge in [0.2, 0.25) is 0 Å². The first-order valence-electron chi connectivity index (χ1n) is 14.5. The van der Waals surface area contributed by atoms with Gasteiger partial charge in [-0.15, -0.1) is 0 Å². The number of fused-ring (bicyclic) bond motifs is 2. The van der Waals surface area contributed by atoms with Gasteiger partial charge < -0.3 is 26.6 Å². The topological polar surface area (TPSA) is 129 Å². The molecular weight excluding hydrogens is 492 g/mol. The molecule has 3 atom stereocenters. The molecule has 2 bridgehead atoms. The maximum atomic E-state index is 13.2. The van der Waals surface area contributed by atoms with Gasteiger partial charge in [-0.3, -0.25) is 14.4 Å². The first kappa shape index (κ1) is 25.6. The Morgan fingerprint density at radius 1 is 0.846 bits per heavy atom. The maximum absolute atomic E-state index is 13.2. The number of nitrogens with zero attached hydrogens (tertiary/aromatic N) is 2. The number of anilines is 2. The number of hydrogen-bond acceptors (Lipinski definition) is 6. The number of nitrogens with two attached hydrogens (primary N) is 1. The fourth-order valence-electron chi connectivity index (χ4n) is 6.57. The highest BCUT2D eigenvalue weighted by atomic mass is 16.2. The van der Waals surface area contributed by atoms with E-state index in [-0.39, 0.29) is 23.9 Å². The van der Waals surface area contributed by atoms with E-state index in [1.165, 1.54) is 25.7 Å². The van der Waals surface area contributed by atoms with Crippen molar-refractivity contribution in [3.8, 4) is 0 Å². The standard InChI is InChI=1S/C30H38N6O3/c31-28(37)25-11-7-19(13-26(25)32-16-18-5-6-18)29(38)35-22-14-23-9-10-24(15-22)36(23)27-12-8-20(17-33-27)30(39)34-21-3-1-2-4-21/h7-8,11-13,17-18,21-24,32H,1-6,9-10,14-16H2,(H2,31,37)(H,34,39)(H,35,38)/t22-,23+,24-. The number of carbonyl (C=O) groups is 3. The second-order valence-electron chi connectivity index (χ2n) is 11.7. The molecule has 9 nitrogen and oxygen atoms in total. The molecule has 0 unspecified atom stereocenters. The fourth-order valence-corrected chi connectivity index (χ4v) is 6.57. The second kappa shape index (κ2) is 10.9. The highest BCUT2D eigenvalue weighted by Crippen LogP contribution is 2.39. The molecule has 39 heavy (non-hydrogen) atoms. The van der Waals surface area contributed by atoms with Gasteiger partial charge in [0.05, 0.1) is 11.1 Å². The van der Waals surface area contributed by atoms with Crippen LogP contribution in [-0.2, 0) is 0 Å². The Morgan fingerprint density at radius 3 is 2.15 bits per heavy atom. The third-order valence-corrected chi connectivity index (χ3v) is 8.86. The lowest BCUT2D eigenvalue weighted by Crippen LogP contribution is -2.50. The van der Waals surface area contributed by atoms with E-state index in [4.69, 9.17) is 5.73 Å². The molecule has 6 rings (SSSR count). The molecule has 206 valence electrons. The van der Waals surface area contributed by atoms with Crippen LogP contribution in [-0.4, -0.2) is 53.4 Å². The number of carbonyl (C=O) groups excluding carboxylic acids is 3. The summed E-state index contributed by atoms with van der Waals surface area (Å²) in [4.78, 5) is 44.7. The van der Waals surface area contributed by atoms with Gasteiger partial charge in [-0.25, -0.2) is 4.98 Å².